The number of aryl methyl sites for hydroxylation is 2. The number of hydrogen-bond donors (Lipinski definition) is 2. The third kappa shape index (κ3) is 6.31. The fourth-order valence-electron chi connectivity index (χ4n) is 3.24. The van der Waals surface area contributed by atoms with Gasteiger partial charge in [-0.25, -0.2) is 0 Å². The number of carbonyl (C=O) groups is 2. The minimum Gasteiger partial charge on any atom is -0.352 e. The molecule has 2 N–H and O–H groups in total. The highest BCUT2D eigenvalue weighted by molar-refractivity contribution is 5.98. The zero-order chi connectivity index (χ0) is 20.5. The van der Waals surface area contributed by atoms with Crippen LogP contribution in [0.3, 0.4) is 0 Å². The maximum atomic E-state index is 12.3. The Morgan fingerprint density at radius 3 is 2.21 bits per heavy atom. The van der Waals surface area contributed by atoms with E-state index in [0.29, 0.717) is 12.1 Å². The summed E-state index contributed by atoms with van der Waals surface area (Å²) in [7, 11) is 0. The van der Waals surface area contributed by atoms with Gasteiger partial charge in [-0.15, -0.1) is 0 Å². The van der Waals surface area contributed by atoms with Gasteiger partial charge in [0.05, 0.1) is 13.1 Å². The number of hydrogen-bond acceptors (Lipinski definition) is 2. The smallest absolute Gasteiger partial charge is 0.220 e. The normalized spacial score (nSPS) is 10.9. The standard InChI is InChI=1S/C24H32N2O2/c1-5-26(6-2)17-22-10-8-7-9-21(22)16-25-24(28)14-13-23(27)20-12-11-18(3)19(4)15-20/h7-12,15H,5-6,13-14,16-17H2,1-4H3,(H,25,28)/p+1. The van der Waals surface area contributed by atoms with Crippen molar-refractivity contribution >= 4 is 11.7 Å². The zero-order valence-corrected chi connectivity index (χ0v) is 17.6. The largest absolute Gasteiger partial charge is 0.352 e. The van der Waals surface area contributed by atoms with E-state index in [-0.39, 0.29) is 24.5 Å². The summed E-state index contributed by atoms with van der Waals surface area (Å²) in [4.78, 5) is 26.1. The summed E-state index contributed by atoms with van der Waals surface area (Å²) < 4.78 is 0. The van der Waals surface area contributed by atoms with Crippen molar-refractivity contribution < 1.29 is 14.5 Å². The van der Waals surface area contributed by atoms with Crippen molar-refractivity contribution in [2.75, 3.05) is 13.1 Å². The quantitative estimate of drug-likeness (QED) is 0.622. The highest BCUT2D eigenvalue weighted by atomic mass is 16.2. The van der Waals surface area contributed by atoms with E-state index in [4.69, 9.17) is 0 Å². The van der Waals surface area contributed by atoms with Crippen LogP contribution in [0.15, 0.2) is 42.5 Å². The Morgan fingerprint density at radius 2 is 1.57 bits per heavy atom. The lowest BCUT2D eigenvalue weighted by molar-refractivity contribution is -0.910. The minimum atomic E-state index is -0.0813. The van der Waals surface area contributed by atoms with Crippen LogP contribution in [-0.2, 0) is 17.9 Å². The third-order valence-corrected chi connectivity index (χ3v) is 5.44. The molecule has 28 heavy (non-hydrogen) atoms. The molecule has 150 valence electrons. The minimum absolute atomic E-state index is 0.0174. The van der Waals surface area contributed by atoms with Crippen molar-refractivity contribution in [2.45, 2.75) is 53.6 Å². The summed E-state index contributed by atoms with van der Waals surface area (Å²) in [5, 5.41) is 2.98. The van der Waals surface area contributed by atoms with E-state index in [1.54, 1.807) is 0 Å². The number of rotatable bonds is 10. The van der Waals surface area contributed by atoms with Crippen LogP contribution in [-0.4, -0.2) is 24.8 Å². The molecule has 0 atom stereocenters. The van der Waals surface area contributed by atoms with Gasteiger partial charge in [0.2, 0.25) is 5.91 Å². The lowest BCUT2D eigenvalue weighted by atomic mass is 10.0. The van der Waals surface area contributed by atoms with Crippen molar-refractivity contribution in [1.82, 2.24) is 5.32 Å². The fraction of sp³-hybridized carbons (Fsp3) is 0.417. The molecule has 0 aliphatic rings. The molecule has 2 rings (SSSR count). The van der Waals surface area contributed by atoms with Crippen LogP contribution in [0.2, 0.25) is 0 Å². The van der Waals surface area contributed by atoms with Crippen LogP contribution < -0.4 is 10.2 Å². The summed E-state index contributed by atoms with van der Waals surface area (Å²) in [6.07, 6.45) is 0.453. The molecule has 0 aliphatic carbocycles. The van der Waals surface area contributed by atoms with E-state index in [9.17, 15) is 9.59 Å². The van der Waals surface area contributed by atoms with Gasteiger partial charge in [-0.1, -0.05) is 36.4 Å². The molecule has 0 spiro atoms. The van der Waals surface area contributed by atoms with Crippen molar-refractivity contribution in [3.8, 4) is 0 Å². The van der Waals surface area contributed by atoms with Gasteiger partial charge in [0.15, 0.2) is 5.78 Å². The van der Waals surface area contributed by atoms with Crippen molar-refractivity contribution in [3.05, 3.63) is 70.3 Å². The monoisotopic (exact) mass is 381 g/mol. The molecule has 0 saturated carbocycles. The first-order chi connectivity index (χ1) is 13.4. The molecule has 1 amide bonds. The number of amides is 1. The van der Waals surface area contributed by atoms with Gasteiger partial charge in [-0.05, 0) is 50.5 Å². The average Bonchev–Trinajstić information content (AvgIpc) is 2.71. The molecule has 0 aromatic heterocycles. The van der Waals surface area contributed by atoms with Crippen LogP contribution in [0.5, 0.6) is 0 Å². The number of quaternary nitrogens is 1. The maximum absolute atomic E-state index is 12.3. The van der Waals surface area contributed by atoms with E-state index in [1.807, 2.05) is 44.2 Å². The van der Waals surface area contributed by atoms with Gasteiger partial charge in [0, 0.05) is 30.5 Å². The van der Waals surface area contributed by atoms with E-state index in [2.05, 4.69) is 31.3 Å². The Morgan fingerprint density at radius 1 is 0.893 bits per heavy atom. The highest BCUT2D eigenvalue weighted by Crippen LogP contribution is 2.13. The molecular weight excluding hydrogens is 348 g/mol. The molecule has 0 unspecified atom stereocenters. The third-order valence-electron chi connectivity index (χ3n) is 5.44. The highest BCUT2D eigenvalue weighted by Gasteiger charge is 2.12. The van der Waals surface area contributed by atoms with Gasteiger partial charge in [0.1, 0.15) is 6.54 Å². The summed E-state index contributed by atoms with van der Waals surface area (Å²) in [5.41, 5.74) is 5.37. The van der Waals surface area contributed by atoms with E-state index in [0.717, 1.165) is 30.8 Å². The molecule has 4 heteroatoms. The second-order valence-corrected chi connectivity index (χ2v) is 7.40. The number of nitrogens with one attached hydrogen (secondary N) is 2. The molecule has 2 aromatic carbocycles. The van der Waals surface area contributed by atoms with Crippen LogP contribution in [0.1, 0.15) is 59.3 Å². The van der Waals surface area contributed by atoms with Gasteiger partial charge in [-0.2, -0.15) is 0 Å². The number of ketones is 1. The Bertz CT molecular complexity index is 810. The van der Waals surface area contributed by atoms with Gasteiger partial charge < -0.3 is 10.2 Å². The number of Topliss-reactive ketones (excluding diaryl/α,β-unsaturated/α-hetero) is 1. The second-order valence-electron chi connectivity index (χ2n) is 7.40. The van der Waals surface area contributed by atoms with Crippen molar-refractivity contribution in [3.63, 3.8) is 0 Å². The maximum Gasteiger partial charge on any atom is 0.220 e. The predicted molar refractivity (Wildman–Crippen MR) is 114 cm³/mol. The second kappa shape index (κ2) is 10.8. The van der Waals surface area contributed by atoms with Crippen molar-refractivity contribution in [2.24, 2.45) is 0 Å². The summed E-state index contributed by atoms with van der Waals surface area (Å²) in [6, 6.07) is 14.0. The Hall–Kier alpha value is -2.46. The van der Waals surface area contributed by atoms with E-state index < -0.39 is 0 Å². The predicted octanol–water partition coefficient (Wildman–Crippen LogP) is 3.01. The Balaban J connectivity index is 1.87. The fourth-order valence-corrected chi connectivity index (χ4v) is 3.24. The van der Waals surface area contributed by atoms with Gasteiger partial charge >= 0.3 is 0 Å². The summed E-state index contributed by atoms with van der Waals surface area (Å²) in [6.45, 7) is 12.0. The molecule has 0 radical (unpaired) electrons. The molecule has 4 nitrogen and oxygen atoms in total. The van der Waals surface area contributed by atoms with Gasteiger partial charge in [0.25, 0.3) is 0 Å². The van der Waals surface area contributed by atoms with Crippen LogP contribution in [0, 0.1) is 13.8 Å². The molecule has 0 fully saturated rings. The zero-order valence-electron chi connectivity index (χ0n) is 17.6. The van der Waals surface area contributed by atoms with Crippen molar-refractivity contribution in [1.29, 1.82) is 0 Å². The van der Waals surface area contributed by atoms with E-state index >= 15 is 0 Å². The van der Waals surface area contributed by atoms with Crippen LogP contribution in [0.4, 0.5) is 0 Å². The van der Waals surface area contributed by atoms with Gasteiger partial charge in [-0.3, -0.25) is 9.59 Å². The molecule has 2 aromatic rings. The molecule has 0 aliphatic heterocycles. The molecular formula is C24H33N2O2+. The topological polar surface area (TPSA) is 50.6 Å². The SMILES string of the molecule is CC[NH+](CC)Cc1ccccc1CNC(=O)CCC(=O)c1ccc(C)c(C)c1. The Labute approximate surface area is 169 Å². The lowest BCUT2D eigenvalue weighted by Gasteiger charge is -2.18. The van der Waals surface area contributed by atoms with E-state index in [1.165, 1.54) is 16.0 Å². The Kier molecular flexibility index (Phi) is 8.40. The molecule has 0 bridgehead atoms. The number of carbonyl (C=O) groups excluding carboxylic acids is 2. The summed E-state index contributed by atoms with van der Waals surface area (Å²) in [5.74, 6) is -0.0639. The average molecular weight is 382 g/mol. The van der Waals surface area contributed by atoms with Crippen LogP contribution in [0.25, 0.3) is 0 Å². The molecule has 0 saturated heterocycles. The summed E-state index contributed by atoms with van der Waals surface area (Å²) >= 11 is 0. The van der Waals surface area contributed by atoms with Crippen LogP contribution >= 0.6 is 0 Å². The molecule has 0 heterocycles. The first kappa shape index (κ1) is 21.8. The first-order valence-electron chi connectivity index (χ1n) is 10.2. The number of benzene rings is 2. The first-order valence-corrected chi connectivity index (χ1v) is 10.2. The lowest BCUT2D eigenvalue weighted by Crippen LogP contribution is -3.10.